The average Bonchev–Trinajstić information content (AvgIpc) is 3.25. The second-order valence-electron chi connectivity index (χ2n) is 5.88. The predicted octanol–water partition coefficient (Wildman–Crippen LogP) is 3.18. The van der Waals surface area contributed by atoms with Crippen LogP contribution in [0.15, 0.2) is 47.3 Å². The molecule has 0 spiro atoms. The highest BCUT2D eigenvalue weighted by atomic mass is 35.5. The molecular weight excluding hydrogens is 314 g/mol. The molecule has 23 heavy (non-hydrogen) atoms. The molecule has 5 nitrogen and oxygen atoms in total. The van der Waals surface area contributed by atoms with E-state index in [0.29, 0.717) is 21.7 Å². The molecule has 4 rings (SSSR count). The van der Waals surface area contributed by atoms with Gasteiger partial charge in [0.1, 0.15) is 0 Å². The van der Waals surface area contributed by atoms with Gasteiger partial charge < -0.3 is 15.3 Å². The number of nitrogens with one attached hydrogen (secondary N) is 3. The van der Waals surface area contributed by atoms with Crippen LogP contribution < -0.4 is 11.0 Å². The number of hydrogen-bond acceptors (Lipinski definition) is 2. The third-order valence-electron chi connectivity index (χ3n) is 4.36. The van der Waals surface area contributed by atoms with Gasteiger partial charge in [-0.15, -0.1) is 0 Å². The number of benzene rings is 2. The van der Waals surface area contributed by atoms with Gasteiger partial charge in [-0.2, -0.15) is 0 Å². The number of H-pyrrole nitrogens is 2. The van der Waals surface area contributed by atoms with Crippen molar-refractivity contribution in [3.63, 3.8) is 0 Å². The SMILES string of the molecule is O=C(Nc1ccc2[nH]c(=O)[nH]c2c1)C1(c2ccc(Cl)cc2)CC1. The van der Waals surface area contributed by atoms with E-state index in [2.05, 4.69) is 15.3 Å². The Morgan fingerprint density at radius 2 is 1.74 bits per heavy atom. The summed E-state index contributed by atoms with van der Waals surface area (Å²) in [6.07, 6.45) is 1.65. The van der Waals surface area contributed by atoms with Crippen LogP contribution in [-0.4, -0.2) is 15.9 Å². The van der Waals surface area contributed by atoms with Crippen molar-refractivity contribution in [2.75, 3.05) is 5.32 Å². The van der Waals surface area contributed by atoms with Gasteiger partial charge >= 0.3 is 5.69 Å². The molecular formula is C17H14ClN3O2. The second kappa shape index (κ2) is 4.99. The minimum atomic E-state index is -0.467. The number of rotatable bonds is 3. The van der Waals surface area contributed by atoms with Crippen LogP contribution in [0, 0.1) is 0 Å². The fourth-order valence-electron chi connectivity index (χ4n) is 2.90. The Labute approximate surface area is 136 Å². The molecule has 0 atom stereocenters. The van der Waals surface area contributed by atoms with Gasteiger partial charge in [0.05, 0.1) is 16.4 Å². The van der Waals surface area contributed by atoms with Crippen LogP contribution in [0.5, 0.6) is 0 Å². The number of imidazole rings is 1. The summed E-state index contributed by atoms with van der Waals surface area (Å²) in [5.74, 6) is -0.0305. The molecule has 0 bridgehead atoms. The van der Waals surface area contributed by atoms with Crippen LogP contribution in [-0.2, 0) is 10.2 Å². The predicted molar refractivity (Wildman–Crippen MR) is 89.9 cm³/mol. The molecule has 0 radical (unpaired) electrons. The molecule has 1 saturated carbocycles. The third kappa shape index (κ3) is 2.43. The lowest BCUT2D eigenvalue weighted by Crippen LogP contribution is -2.27. The highest BCUT2D eigenvalue weighted by Gasteiger charge is 2.51. The largest absolute Gasteiger partial charge is 0.325 e. The number of aromatic nitrogens is 2. The number of amides is 1. The first-order chi connectivity index (χ1) is 11.1. The van der Waals surface area contributed by atoms with Crippen molar-refractivity contribution in [2.24, 2.45) is 0 Å². The van der Waals surface area contributed by atoms with E-state index in [9.17, 15) is 9.59 Å². The Morgan fingerprint density at radius 3 is 2.43 bits per heavy atom. The Morgan fingerprint density at radius 1 is 1.04 bits per heavy atom. The lowest BCUT2D eigenvalue weighted by atomic mass is 9.95. The van der Waals surface area contributed by atoms with Gasteiger partial charge in [0.2, 0.25) is 5.91 Å². The van der Waals surface area contributed by atoms with Gasteiger partial charge in [0.15, 0.2) is 0 Å². The van der Waals surface area contributed by atoms with E-state index in [1.165, 1.54) is 0 Å². The molecule has 2 aromatic carbocycles. The Bertz CT molecular complexity index is 952. The van der Waals surface area contributed by atoms with Crippen LogP contribution in [0.4, 0.5) is 5.69 Å². The zero-order valence-electron chi connectivity index (χ0n) is 12.2. The molecule has 0 saturated heterocycles. The van der Waals surface area contributed by atoms with E-state index >= 15 is 0 Å². The van der Waals surface area contributed by atoms with E-state index in [1.54, 1.807) is 30.3 Å². The van der Waals surface area contributed by atoms with Gasteiger partial charge in [0.25, 0.3) is 0 Å². The zero-order valence-corrected chi connectivity index (χ0v) is 12.9. The fraction of sp³-hybridized carbons (Fsp3) is 0.176. The summed E-state index contributed by atoms with van der Waals surface area (Å²) in [5.41, 5.74) is 2.30. The van der Waals surface area contributed by atoms with Crippen LogP contribution in [0.25, 0.3) is 11.0 Å². The van der Waals surface area contributed by atoms with Crippen molar-refractivity contribution in [1.29, 1.82) is 0 Å². The molecule has 1 aliphatic rings. The lowest BCUT2D eigenvalue weighted by molar-refractivity contribution is -0.118. The van der Waals surface area contributed by atoms with Crippen molar-refractivity contribution < 1.29 is 4.79 Å². The van der Waals surface area contributed by atoms with Crippen LogP contribution >= 0.6 is 11.6 Å². The first kappa shape index (κ1) is 14.1. The zero-order chi connectivity index (χ0) is 16.0. The van der Waals surface area contributed by atoms with Gasteiger partial charge in [-0.25, -0.2) is 4.79 Å². The maximum Gasteiger partial charge on any atom is 0.323 e. The summed E-state index contributed by atoms with van der Waals surface area (Å²) in [6.45, 7) is 0. The minimum absolute atomic E-state index is 0.0305. The smallest absolute Gasteiger partial charge is 0.323 e. The van der Waals surface area contributed by atoms with E-state index in [-0.39, 0.29) is 11.6 Å². The maximum atomic E-state index is 12.7. The topological polar surface area (TPSA) is 77.8 Å². The normalized spacial score (nSPS) is 15.5. The van der Waals surface area contributed by atoms with Crippen molar-refractivity contribution in [3.8, 4) is 0 Å². The van der Waals surface area contributed by atoms with Gasteiger partial charge in [-0.05, 0) is 48.7 Å². The van der Waals surface area contributed by atoms with Crippen LogP contribution in [0.1, 0.15) is 18.4 Å². The van der Waals surface area contributed by atoms with Crippen molar-refractivity contribution in [2.45, 2.75) is 18.3 Å². The molecule has 1 amide bonds. The van der Waals surface area contributed by atoms with Gasteiger partial charge in [0, 0.05) is 10.7 Å². The average molecular weight is 328 g/mol. The van der Waals surface area contributed by atoms with Crippen molar-refractivity contribution in [1.82, 2.24) is 9.97 Å². The highest BCUT2D eigenvalue weighted by Crippen LogP contribution is 2.49. The molecule has 1 fully saturated rings. The number of hydrogen-bond donors (Lipinski definition) is 3. The molecule has 116 valence electrons. The lowest BCUT2D eigenvalue weighted by Gasteiger charge is -2.16. The monoisotopic (exact) mass is 327 g/mol. The Hall–Kier alpha value is -2.53. The first-order valence-electron chi connectivity index (χ1n) is 7.36. The number of halogens is 1. The van der Waals surface area contributed by atoms with E-state index in [1.807, 2.05) is 12.1 Å². The summed E-state index contributed by atoms with van der Waals surface area (Å²) in [6, 6.07) is 12.7. The van der Waals surface area contributed by atoms with Crippen molar-refractivity contribution >= 4 is 34.2 Å². The van der Waals surface area contributed by atoms with E-state index in [4.69, 9.17) is 11.6 Å². The number of carbonyl (C=O) groups excluding carboxylic acids is 1. The molecule has 1 heterocycles. The molecule has 6 heteroatoms. The summed E-state index contributed by atoms with van der Waals surface area (Å²) in [5, 5.41) is 3.61. The molecule has 0 unspecified atom stereocenters. The highest BCUT2D eigenvalue weighted by molar-refractivity contribution is 6.30. The molecule has 3 aromatic rings. The van der Waals surface area contributed by atoms with E-state index < -0.39 is 5.41 Å². The number of aromatic amines is 2. The Balaban J connectivity index is 1.61. The second-order valence-corrected chi connectivity index (χ2v) is 6.32. The molecule has 0 aliphatic heterocycles. The quantitative estimate of drug-likeness (QED) is 0.691. The first-order valence-corrected chi connectivity index (χ1v) is 7.74. The molecule has 3 N–H and O–H groups in total. The number of anilines is 1. The summed E-state index contributed by atoms with van der Waals surface area (Å²) < 4.78 is 0. The van der Waals surface area contributed by atoms with E-state index in [0.717, 1.165) is 18.4 Å². The van der Waals surface area contributed by atoms with Crippen molar-refractivity contribution in [3.05, 3.63) is 63.5 Å². The standard InChI is InChI=1S/C17H14ClN3O2/c18-11-3-1-10(2-4-11)17(7-8-17)15(22)19-12-5-6-13-14(9-12)21-16(23)20-13/h1-6,9H,7-8H2,(H,19,22)(H2,20,21,23). The fourth-order valence-corrected chi connectivity index (χ4v) is 3.03. The van der Waals surface area contributed by atoms with Crippen LogP contribution in [0.3, 0.4) is 0 Å². The summed E-state index contributed by atoms with van der Waals surface area (Å²) in [7, 11) is 0. The summed E-state index contributed by atoms with van der Waals surface area (Å²) >= 11 is 5.92. The third-order valence-corrected chi connectivity index (χ3v) is 4.61. The minimum Gasteiger partial charge on any atom is -0.325 e. The molecule has 1 aromatic heterocycles. The van der Waals surface area contributed by atoms with Gasteiger partial charge in [-0.1, -0.05) is 23.7 Å². The Kier molecular flexibility index (Phi) is 3.06. The maximum absolute atomic E-state index is 12.7. The van der Waals surface area contributed by atoms with Gasteiger partial charge in [-0.3, -0.25) is 4.79 Å². The van der Waals surface area contributed by atoms with Crippen LogP contribution in [0.2, 0.25) is 5.02 Å². The number of fused-ring (bicyclic) bond motifs is 1. The molecule has 1 aliphatic carbocycles. The number of carbonyl (C=O) groups is 1. The summed E-state index contributed by atoms with van der Waals surface area (Å²) in [4.78, 5) is 29.4.